The summed E-state index contributed by atoms with van der Waals surface area (Å²) in [7, 11) is 0. The molecule has 1 aromatic rings. The summed E-state index contributed by atoms with van der Waals surface area (Å²) in [5.74, 6) is -1.20. The van der Waals surface area contributed by atoms with E-state index in [1.54, 1.807) is 0 Å². The van der Waals surface area contributed by atoms with Crippen molar-refractivity contribution in [2.24, 2.45) is 0 Å². The molecule has 1 unspecified atom stereocenters. The van der Waals surface area contributed by atoms with Crippen molar-refractivity contribution in [3.63, 3.8) is 0 Å². The zero-order chi connectivity index (χ0) is 18.0. The van der Waals surface area contributed by atoms with E-state index in [0.29, 0.717) is 6.42 Å². The fourth-order valence-corrected chi connectivity index (χ4v) is 2.91. The predicted molar refractivity (Wildman–Crippen MR) is 100 cm³/mol. The second-order valence-electron chi connectivity index (χ2n) is 6.14. The van der Waals surface area contributed by atoms with Crippen molar-refractivity contribution in [2.45, 2.75) is 68.2 Å². The molecule has 1 atom stereocenters. The Labute approximate surface area is 158 Å². The van der Waals surface area contributed by atoms with Crippen molar-refractivity contribution in [1.82, 2.24) is 0 Å². The van der Waals surface area contributed by atoms with Gasteiger partial charge in [-0.25, -0.2) is 4.79 Å². The van der Waals surface area contributed by atoms with Gasteiger partial charge in [-0.3, -0.25) is 0 Å². The molecule has 0 saturated heterocycles. The highest BCUT2D eigenvalue weighted by molar-refractivity contribution is 6.57. The number of carboxylic acids is 1. The number of aliphatic carboxylic acids is 1. The first-order valence-corrected chi connectivity index (χ1v) is 9.48. The molecule has 0 aliphatic rings. The van der Waals surface area contributed by atoms with E-state index in [-0.39, 0.29) is 12.5 Å². The minimum Gasteiger partial charge on any atom is -0.479 e. The van der Waals surface area contributed by atoms with Gasteiger partial charge in [-0.1, -0.05) is 66.2 Å². The standard InChI is InChI=1S/C18H25Cl3O3/c19-15-11-9-14(10-12-15)6-3-4-8-16(22)7-2-1-5-13-18(20,21)17(23)24/h9-12,16,22H,1-8,13H2,(H,23,24). The Morgan fingerprint density at radius 2 is 1.58 bits per heavy atom. The summed E-state index contributed by atoms with van der Waals surface area (Å²) in [6.45, 7) is 0. The predicted octanol–water partition coefficient (Wildman–Crippen LogP) is 5.62. The number of carbonyl (C=O) groups is 1. The Kier molecular flexibility index (Phi) is 10.1. The second kappa shape index (κ2) is 11.2. The van der Waals surface area contributed by atoms with Crippen LogP contribution in [0.5, 0.6) is 0 Å². The number of hydrogen-bond donors (Lipinski definition) is 2. The van der Waals surface area contributed by atoms with Gasteiger partial charge < -0.3 is 10.2 Å². The van der Waals surface area contributed by atoms with Gasteiger partial charge >= 0.3 is 5.97 Å². The van der Waals surface area contributed by atoms with Gasteiger partial charge in [0.2, 0.25) is 4.33 Å². The van der Waals surface area contributed by atoms with Gasteiger partial charge in [0.05, 0.1) is 6.10 Å². The van der Waals surface area contributed by atoms with Gasteiger partial charge in [-0.15, -0.1) is 0 Å². The molecule has 0 aromatic heterocycles. The smallest absolute Gasteiger partial charge is 0.340 e. The van der Waals surface area contributed by atoms with E-state index in [4.69, 9.17) is 39.9 Å². The van der Waals surface area contributed by atoms with E-state index in [1.807, 2.05) is 24.3 Å². The third-order valence-corrected chi connectivity index (χ3v) is 4.96. The molecule has 0 radical (unpaired) electrons. The van der Waals surface area contributed by atoms with Crippen LogP contribution in [0.25, 0.3) is 0 Å². The lowest BCUT2D eigenvalue weighted by molar-refractivity contribution is -0.138. The second-order valence-corrected chi connectivity index (χ2v) is 8.06. The Balaban J connectivity index is 2.03. The number of alkyl halides is 2. The van der Waals surface area contributed by atoms with Gasteiger partial charge in [0.25, 0.3) is 0 Å². The molecule has 6 heteroatoms. The average Bonchev–Trinajstić information content (AvgIpc) is 2.52. The number of aryl methyl sites for hydroxylation is 1. The molecule has 0 aliphatic carbocycles. The Hall–Kier alpha value is -0.480. The highest BCUT2D eigenvalue weighted by atomic mass is 35.5. The maximum absolute atomic E-state index is 10.7. The largest absolute Gasteiger partial charge is 0.479 e. The quantitative estimate of drug-likeness (QED) is 0.356. The zero-order valence-electron chi connectivity index (χ0n) is 13.7. The van der Waals surface area contributed by atoms with Gasteiger partial charge in [-0.2, -0.15) is 0 Å². The zero-order valence-corrected chi connectivity index (χ0v) is 16.0. The van der Waals surface area contributed by atoms with Crippen LogP contribution in [0, 0.1) is 0 Å². The maximum Gasteiger partial charge on any atom is 0.340 e. The van der Waals surface area contributed by atoms with Crippen LogP contribution in [-0.2, 0) is 11.2 Å². The first kappa shape index (κ1) is 21.6. The molecule has 0 heterocycles. The third-order valence-electron chi connectivity index (χ3n) is 4.01. The summed E-state index contributed by atoms with van der Waals surface area (Å²) in [6, 6.07) is 7.85. The lowest BCUT2D eigenvalue weighted by Gasteiger charge is -2.14. The van der Waals surface area contributed by atoms with Crippen LogP contribution < -0.4 is 0 Å². The summed E-state index contributed by atoms with van der Waals surface area (Å²) in [5.41, 5.74) is 1.26. The molecule has 24 heavy (non-hydrogen) atoms. The molecular weight excluding hydrogens is 371 g/mol. The minimum absolute atomic E-state index is 0.225. The van der Waals surface area contributed by atoms with E-state index in [2.05, 4.69) is 0 Å². The average molecular weight is 396 g/mol. The van der Waals surface area contributed by atoms with Crippen molar-refractivity contribution >= 4 is 40.8 Å². The van der Waals surface area contributed by atoms with E-state index in [1.165, 1.54) is 5.56 Å². The van der Waals surface area contributed by atoms with Crippen molar-refractivity contribution in [3.05, 3.63) is 34.9 Å². The monoisotopic (exact) mass is 394 g/mol. The molecule has 3 nitrogen and oxygen atoms in total. The summed E-state index contributed by atoms with van der Waals surface area (Å²) in [6.07, 6.45) is 6.76. The summed E-state index contributed by atoms with van der Waals surface area (Å²) < 4.78 is -1.69. The molecule has 0 spiro atoms. The third kappa shape index (κ3) is 9.12. The number of halogens is 3. The van der Waals surface area contributed by atoms with Crippen molar-refractivity contribution in [3.8, 4) is 0 Å². The van der Waals surface area contributed by atoms with Gasteiger partial charge in [0, 0.05) is 5.02 Å². The molecule has 0 aliphatic heterocycles. The van der Waals surface area contributed by atoms with Gasteiger partial charge in [-0.05, 0) is 56.2 Å². The molecule has 2 N–H and O–H groups in total. The molecule has 1 rings (SSSR count). The van der Waals surface area contributed by atoms with Crippen LogP contribution in [0.1, 0.15) is 56.9 Å². The molecule has 0 bridgehead atoms. The molecular formula is C18H25Cl3O3. The lowest BCUT2D eigenvalue weighted by atomic mass is 10.0. The van der Waals surface area contributed by atoms with Crippen molar-refractivity contribution in [2.75, 3.05) is 0 Å². The van der Waals surface area contributed by atoms with Crippen LogP contribution in [0.2, 0.25) is 5.02 Å². The SMILES string of the molecule is O=C(O)C(Cl)(Cl)CCCCCC(O)CCCCc1ccc(Cl)cc1. The molecule has 0 saturated carbocycles. The van der Waals surface area contributed by atoms with Crippen LogP contribution in [0.3, 0.4) is 0 Å². The van der Waals surface area contributed by atoms with E-state index < -0.39 is 10.3 Å². The first-order valence-electron chi connectivity index (χ1n) is 8.35. The van der Waals surface area contributed by atoms with E-state index >= 15 is 0 Å². The summed E-state index contributed by atoms with van der Waals surface area (Å²) >= 11 is 17.2. The normalized spacial score (nSPS) is 13.0. The summed E-state index contributed by atoms with van der Waals surface area (Å²) in [5, 5.41) is 19.5. The number of rotatable bonds is 12. The number of benzene rings is 1. The minimum atomic E-state index is -1.69. The van der Waals surface area contributed by atoms with Crippen LogP contribution in [-0.4, -0.2) is 26.6 Å². The fourth-order valence-electron chi connectivity index (χ4n) is 2.52. The first-order chi connectivity index (χ1) is 11.3. The topological polar surface area (TPSA) is 57.5 Å². The van der Waals surface area contributed by atoms with Crippen LogP contribution >= 0.6 is 34.8 Å². The highest BCUT2D eigenvalue weighted by Gasteiger charge is 2.32. The van der Waals surface area contributed by atoms with Crippen LogP contribution in [0.4, 0.5) is 0 Å². The summed E-state index contributed by atoms with van der Waals surface area (Å²) in [4.78, 5) is 10.7. The Morgan fingerprint density at radius 3 is 2.17 bits per heavy atom. The number of aliphatic hydroxyl groups excluding tert-OH is 1. The molecule has 136 valence electrons. The maximum atomic E-state index is 10.7. The fraction of sp³-hybridized carbons (Fsp3) is 0.611. The van der Waals surface area contributed by atoms with Gasteiger partial charge in [0.15, 0.2) is 0 Å². The van der Waals surface area contributed by atoms with Crippen LogP contribution in [0.15, 0.2) is 24.3 Å². The lowest BCUT2D eigenvalue weighted by Crippen LogP contribution is -2.25. The van der Waals surface area contributed by atoms with Gasteiger partial charge in [0.1, 0.15) is 0 Å². The highest BCUT2D eigenvalue weighted by Crippen LogP contribution is 2.28. The Morgan fingerprint density at radius 1 is 1.00 bits per heavy atom. The molecule has 0 fully saturated rings. The number of aliphatic hydroxyl groups is 1. The molecule has 1 aromatic carbocycles. The van der Waals surface area contributed by atoms with Crippen molar-refractivity contribution in [1.29, 1.82) is 0 Å². The number of carboxylic acid groups (broad SMARTS) is 1. The van der Waals surface area contributed by atoms with Crippen molar-refractivity contribution < 1.29 is 15.0 Å². The van der Waals surface area contributed by atoms with E-state index in [9.17, 15) is 9.90 Å². The Bertz CT molecular complexity index is 489. The van der Waals surface area contributed by atoms with E-state index in [0.717, 1.165) is 50.0 Å². The number of hydrogen-bond acceptors (Lipinski definition) is 2. The number of unbranched alkanes of at least 4 members (excludes halogenated alkanes) is 3. The molecule has 0 amide bonds.